The minimum atomic E-state index is 0.611. The van der Waals surface area contributed by atoms with Crippen LogP contribution in [0.2, 0.25) is 0 Å². The van der Waals surface area contributed by atoms with Gasteiger partial charge in [0.15, 0.2) is 5.82 Å². The molecule has 0 saturated carbocycles. The molecule has 0 unspecified atom stereocenters. The Balaban J connectivity index is 1.43. The first-order valence-electron chi connectivity index (χ1n) is 10.1. The highest BCUT2D eigenvalue weighted by atomic mass is 16.5. The summed E-state index contributed by atoms with van der Waals surface area (Å²) < 4.78 is 5.87. The minimum Gasteiger partial charge on any atom is -0.457 e. The third-order valence-corrected chi connectivity index (χ3v) is 4.73. The maximum Gasteiger partial charge on any atom is 0.162 e. The fourth-order valence-electron chi connectivity index (χ4n) is 3.18. The molecule has 3 heterocycles. The van der Waals surface area contributed by atoms with Crippen LogP contribution in [0.15, 0.2) is 110 Å². The number of para-hydroxylation sites is 1. The molecule has 0 aliphatic carbocycles. The van der Waals surface area contributed by atoms with Crippen LogP contribution < -0.4 is 10.1 Å². The van der Waals surface area contributed by atoms with E-state index in [0.29, 0.717) is 11.6 Å². The Bertz CT molecular complexity index is 1240. The molecule has 0 fully saturated rings. The molecule has 0 spiro atoms. The van der Waals surface area contributed by atoms with Gasteiger partial charge >= 0.3 is 0 Å². The third-order valence-electron chi connectivity index (χ3n) is 4.73. The van der Waals surface area contributed by atoms with E-state index in [1.165, 1.54) is 0 Å². The van der Waals surface area contributed by atoms with Crippen molar-refractivity contribution in [2.45, 2.75) is 0 Å². The Kier molecular flexibility index (Phi) is 5.49. The molecule has 32 heavy (non-hydrogen) atoms. The van der Waals surface area contributed by atoms with Gasteiger partial charge in [0, 0.05) is 47.7 Å². The predicted molar refractivity (Wildman–Crippen MR) is 125 cm³/mol. The van der Waals surface area contributed by atoms with E-state index >= 15 is 0 Å². The van der Waals surface area contributed by atoms with Gasteiger partial charge in [-0.3, -0.25) is 9.97 Å². The van der Waals surface area contributed by atoms with E-state index in [1.807, 2.05) is 84.9 Å². The number of benzene rings is 2. The number of nitrogens with one attached hydrogen (secondary N) is 1. The van der Waals surface area contributed by atoms with Crippen LogP contribution >= 0.6 is 0 Å². The number of aromatic nitrogens is 4. The number of hydrogen-bond acceptors (Lipinski definition) is 6. The summed E-state index contributed by atoms with van der Waals surface area (Å²) >= 11 is 0. The quantitative estimate of drug-likeness (QED) is 0.358. The number of pyridine rings is 2. The van der Waals surface area contributed by atoms with Crippen LogP contribution in [0.4, 0.5) is 11.5 Å². The van der Waals surface area contributed by atoms with E-state index in [1.54, 1.807) is 24.8 Å². The number of rotatable bonds is 6. The van der Waals surface area contributed by atoms with Crippen molar-refractivity contribution in [1.82, 2.24) is 19.9 Å². The summed E-state index contributed by atoms with van der Waals surface area (Å²) in [6, 6.07) is 27.0. The van der Waals surface area contributed by atoms with Crippen LogP contribution in [0.3, 0.4) is 0 Å². The van der Waals surface area contributed by atoms with Crippen molar-refractivity contribution in [3.8, 4) is 34.1 Å². The van der Waals surface area contributed by atoms with Crippen molar-refractivity contribution in [2.75, 3.05) is 5.32 Å². The van der Waals surface area contributed by atoms with Gasteiger partial charge in [-0.15, -0.1) is 0 Å². The van der Waals surface area contributed by atoms with Gasteiger partial charge in [0.05, 0.1) is 5.69 Å². The zero-order valence-corrected chi connectivity index (χ0v) is 17.1. The monoisotopic (exact) mass is 417 g/mol. The maximum absolute atomic E-state index is 5.87. The number of nitrogens with zero attached hydrogens (tertiary/aromatic N) is 4. The predicted octanol–water partition coefficient (Wildman–Crippen LogP) is 6.14. The van der Waals surface area contributed by atoms with Crippen LogP contribution in [0, 0.1) is 0 Å². The van der Waals surface area contributed by atoms with Gasteiger partial charge in [-0.05, 0) is 60.7 Å². The summed E-state index contributed by atoms with van der Waals surface area (Å²) in [6.07, 6.45) is 6.99. The molecule has 0 aliphatic rings. The van der Waals surface area contributed by atoms with Crippen molar-refractivity contribution < 1.29 is 4.74 Å². The summed E-state index contributed by atoms with van der Waals surface area (Å²) in [7, 11) is 0. The SMILES string of the molecule is c1ccc(Oc2ccc(Nc3cc(-c4cccnc4)nc(-c4ccncc4)n3)cc2)cc1. The maximum atomic E-state index is 5.87. The molecule has 1 N–H and O–H groups in total. The fraction of sp³-hybridized carbons (Fsp3) is 0. The molecule has 3 aromatic heterocycles. The van der Waals surface area contributed by atoms with E-state index in [-0.39, 0.29) is 0 Å². The average molecular weight is 417 g/mol. The molecular formula is C26H19N5O. The molecule has 0 radical (unpaired) electrons. The van der Waals surface area contributed by atoms with E-state index in [9.17, 15) is 0 Å². The Morgan fingerprint density at radius 2 is 1.41 bits per heavy atom. The lowest BCUT2D eigenvalue weighted by Crippen LogP contribution is -1.99. The third kappa shape index (κ3) is 4.60. The van der Waals surface area contributed by atoms with Crippen molar-refractivity contribution in [1.29, 1.82) is 0 Å². The van der Waals surface area contributed by atoms with Gasteiger partial charge in [-0.2, -0.15) is 0 Å². The summed E-state index contributed by atoms with van der Waals surface area (Å²) in [4.78, 5) is 17.8. The first kappa shape index (κ1) is 19.4. The molecule has 0 aliphatic heterocycles. The lowest BCUT2D eigenvalue weighted by molar-refractivity contribution is 0.483. The lowest BCUT2D eigenvalue weighted by atomic mass is 10.2. The molecule has 6 nitrogen and oxygen atoms in total. The largest absolute Gasteiger partial charge is 0.457 e. The molecular weight excluding hydrogens is 398 g/mol. The Hall–Kier alpha value is -4.58. The van der Waals surface area contributed by atoms with Crippen LogP contribution in [-0.2, 0) is 0 Å². The van der Waals surface area contributed by atoms with Crippen molar-refractivity contribution in [3.05, 3.63) is 110 Å². The lowest BCUT2D eigenvalue weighted by Gasteiger charge is -2.11. The minimum absolute atomic E-state index is 0.611. The molecule has 0 bridgehead atoms. The van der Waals surface area contributed by atoms with E-state index in [2.05, 4.69) is 15.3 Å². The van der Waals surface area contributed by atoms with Crippen molar-refractivity contribution in [2.24, 2.45) is 0 Å². The van der Waals surface area contributed by atoms with Gasteiger partial charge in [0.1, 0.15) is 17.3 Å². The van der Waals surface area contributed by atoms with E-state index in [4.69, 9.17) is 14.7 Å². The van der Waals surface area contributed by atoms with Crippen LogP contribution in [-0.4, -0.2) is 19.9 Å². The molecule has 0 amide bonds. The molecule has 0 saturated heterocycles. The zero-order valence-electron chi connectivity index (χ0n) is 17.1. The second-order valence-electron chi connectivity index (χ2n) is 7.00. The summed E-state index contributed by atoms with van der Waals surface area (Å²) in [5.41, 5.74) is 3.48. The summed E-state index contributed by atoms with van der Waals surface area (Å²) in [5, 5.41) is 3.37. The smallest absolute Gasteiger partial charge is 0.162 e. The number of ether oxygens (including phenoxy) is 1. The molecule has 0 atom stereocenters. The Morgan fingerprint density at radius 1 is 0.625 bits per heavy atom. The normalized spacial score (nSPS) is 10.5. The zero-order chi connectivity index (χ0) is 21.6. The second kappa shape index (κ2) is 9.06. The van der Waals surface area contributed by atoms with Crippen LogP contribution in [0.5, 0.6) is 11.5 Å². The molecule has 5 rings (SSSR count). The number of anilines is 2. The van der Waals surface area contributed by atoms with E-state index in [0.717, 1.165) is 34.0 Å². The standard InChI is InChI=1S/C26H19N5O/c1-2-6-22(7-3-1)32-23-10-8-21(9-11-23)29-25-17-24(20-5-4-14-28-18-20)30-26(31-25)19-12-15-27-16-13-19/h1-18H,(H,29,30,31). The highest BCUT2D eigenvalue weighted by molar-refractivity contribution is 5.69. The van der Waals surface area contributed by atoms with Gasteiger partial charge in [0.25, 0.3) is 0 Å². The highest BCUT2D eigenvalue weighted by Crippen LogP contribution is 2.27. The van der Waals surface area contributed by atoms with Crippen LogP contribution in [0.25, 0.3) is 22.6 Å². The van der Waals surface area contributed by atoms with E-state index < -0.39 is 0 Å². The van der Waals surface area contributed by atoms with Gasteiger partial charge in [0.2, 0.25) is 0 Å². The molecule has 6 heteroatoms. The Labute approximate surface area is 185 Å². The molecule has 154 valence electrons. The average Bonchev–Trinajstić information content (AvgIpc) is 2.87. The van der Waals surface area contributed by atoms with Crippen molar-refractivity contribution >= 4 is 11.5 Å². The first-order valence-corrected chi connectivity index (χ1v) is 10.1. The van der Waals surface area contributed by atoms with Crippen LogP contribution in [0.1, 0.15) is 0 Å². The number of hydrogen-bond donors (Lipinski definition) is 1. The highest BCUT2D eigenvalue weighted by Gasteiger charge is 2.09. The fourth-order valence-corrected chi connectivity index (χ4v) is 3.18. The van der Waals surface area contributed by atoms with Gasteiger partial charge in [-0.25, -0.2) is 9.97 Å². The first-order chi connectivity index (χ1) is 15.8. The van der Waals surface area contributed by atoms with Gasteiger partial charge < -0.3 is 10.1 Å². The topological polar surface area (TPSA) is 72.8 Å². The summed E-state index contributed by atoms with van der Waals surface area (Å²) in [5.74, 6) is 2.85. The molecule has 2 aromatic carbocycles. The Morgan fingerprint density at radius 3 is 2.16 bits per heavy atom. The summed E-state index contributed by atoms with van der Waals surface area (Å²) in [6.45, 7) is 0. The second-order valence-corrected chi connectivity index (χ2v) is 7.00. The molecule has 5 aromatic rings. The van der Waals surface area contributed by atoms with Gasteiger partial charge in [-0.1, -0.05) is 18.2 Å². The van der Waals surface area contributed by atoms with Crippen molar-refractivity contribution in [3.63, 3.8) is 0 Å².